The van der Waals surface area contributed by atoms with Gasteiger partial charge in [0.25, 0.3) is 0 Å². The normalized spacial score (nSPS) is 15.8. The molecule has 1 heterocycles. The molecule has 0 radical (unpaired) electrons. The molecule has 27 heavy (non-hydrogen) atoms. The summed E-state index contributed by atoms with van der Waals surface area (Å²) in [4.78, 5) is 9.40. The van der Waals surface area contributed by atoms with Crippen molar-refractivity contribution in [3.05, 3.63) is 35.0 Å². The predicted octanol–water partition coefficient (Wildman–Crippen LogP) is 3.43. The van der Waals surface area contributed by atoms with Crippen LogP contribution in [0.4, 0.5) is 17.5 Å². The van der Waals surface area contributed by atoms with Crippen LogP contribution in [0.2, 0.25) is 0 Å². The van der Waals surface area contributed by atoms with Crippen LogP contribution in [0.15, 0.2) is 23.2 Å². The van der Waals surface area contributed by atoms with E-state index >= 15 is 0 Å². The van der Waals surface area contributed by atoms with Crippen LogP contribution in [0.1, 0.15) is 48.8 Å². The van der Waals surface area contributed by atoms with Crippen molar-refractivity contribution >= 4 is 28.4 Å². The first kappa shape index (κ1) is 19.3. The highest BCUT2D eigenvalue weighted by atomic mass is 32.2. The zero-order valence-corrected chi connectivity index (χ0v) is 16.4. The zero-order valence-electron chi connectivity index (χ0n) is 15.6. The summed E-state index contributed by atoms with van der Waals surface area (Å²) in [5.74, 6) is 0.975. The highest BCUT2D eigenvalue weighted by molar-refractivity contribution is 7.82. The van der Waals surface area contributed by atoms with E-state index in [9.17, 15) is 9.47 Å². The highest BCUT2D eigenvalue weighted by Crippen LogP contribution is 2.26. The molecule has 2 aromatic rings. The van der Waals surface area contributed by atoms with Crippen LogP contribution in [-0.4, -0.2) is 20.2 Å². The lowest BCUT2D eigenvalue weighted by Crippen LogP contribution is -2.23. The number of aryl methyl sites for hydroxylation is 2. The Morgan fingerprint density at radius 1 is 1.22 bits per heavy atom. The lowest BCUT2D eigenvalue weighted by atomic mass is 9.95. The van der Waals surface area contributed by atoms with Crippen LogP contribution in [0.3, 0.4) is 0 Å². The maximum atomic E-state index is 11.7. The summed E-state index contributed by atoms with van der Waals surface area (Å²) in [5, 5.41) is 21.5. The van der Waals surface area contributed by atoms with Gasteiger partial charge in [-0.2, -0.15) is 10.2 Å². The van der Waals surface area contributed by atoms with Crippen LogP contribution in [-0.2, 0) is 11.0 Å². The van der Waals surface area contributed by atoms with Crippen molar-refractivity contribution in [3.63, 3.8) is 0 Å². The maximum Gasteiger partial charge on any atom is 0.229 e. The van der Waals surface area contributed by atoms with Crippen molar-refractivity contribution in [1.29, 1.82) is 5.26 Å². The van der Waals surface area contributed by atoms with Crippen molar-refractivity contribution in [3.8, 4) is 6.07 Å². The Hall–Kier alpha value is -2.50. The van der Waals surface area contributed by atoms with Gasteiger partial charge in [0.1, 0.15) is 28.4 Å². The molecule has 3 rings (SSSR count). The molecule has 0 spiro atoms. The lowest BCUT2D eigenvalue weighted by molar-refractivity contribution is 0.462. The van der Waals surface area contributed by atoms with Gasteiger partial charge < -0.3 is 10.6 Å². The second kappa shape index (κ2) is 8.46. The van der Waals surface area contributed by atoms with Crippen LogP contribution >= 0.6 is 0 Å². The van der Waals surface area contributed by atoms with Gasteiger partial charge in [0.15, 0.2) is 0 Å². The first-order chi connectivity index (χ1) is 13.0. The topological polar surface area (TPSA) is 117 Å². The van der Waals surface area contributed by atoms with Crippen molar-refractivity contribution in [2.24, 2.45) is 5.14 Å². The van der Waals surface area contributed by atoms with Gasteiger partial charge in [0.05, 0.1) is 11.1 Å². The summed E-state index contributed by atoms with van der Waals surface area (Å²) in [6.07, 6.45) is 7.37. The third kappa shape index (κ3) is 4.62. The first-order valence-corrected chi connectivity index (χ1v) is 10.3. The Kier molecular flexibility index (Phi) is 6.04. The minimum atomic E-state index is -1.52. The summed E-state index contributed by atoms with van der Waals surface area (Å²) >= 11 is 0. The third-order valence-electron chi connectivity index (χ3n) is 4.77. The minimum absolute atomic E-state index is 0.344. The first-order valence-electron chi connectivity index (χ1n) is 9.06. The molecule has 1 aromatic carbocycles. The standard InChI is InChI=1S/C19H24N6OS/c1-12-8-16(9-13(2)17(12)27(21)26)24-19-22-11-14(10-20)18(25-19)23-15-6-4-3-5-7-15/h8-9,11,15H,3-7,21H2,1-2H3,(H2,22,23,24,25). The van der Waals surface area contributed by atoms with Crippen LogP contribution in [0, 0.1) is 25.2 Å². The largest absolute Gasteiger partial charge is 0.366 e. The summed E-state index contributed by atoms with van der Waals surface area (Å²) in [6, 6.07) is 6.22. The molecule has 1 aromatic heterocycles. The quantitative estimate of drug-likeness (QED) is 0.727. The number of nitrogens with one attached hydrogen (secondary N) is 2. The maximum absolute atomic E-state index is 11.7. The number of anilines is 3. The molecule has 1 unspecified atom stereocenters. The molecule has 0 amide bonds. The fraction of sp³-hybridized carbons (Fsp3) is 0.421. The van der Waals surface area contributed by atoms with E-state index in [-0.39, 0.29) is 0 Å². The molecule has 1 atom stereocenters. The Labute approximate surface area is 162 Å². The minimum Gasteiger partial charge on any atom is -0.366 e. The number of aromatic nitrogens is 2. The molecule has 0 aliphatic heterocycles. The number of nitrogens with two attached hydrogens (primary N) is 1. The van der Waals surface area contributed by atoms with Gasteiger partial charge in [-0.25, -0.2) is 14.3 Å². The molecule has 0 saturated heterocycles. The van der Waals surface area contributed by atoms with Crippen LogP contribution in [0.25, 0.3) is 0 Å². The summed E-state index contributed by atoms with van der Waals surface area (Å²) < 4.78 is 11.7. The van der Waals surface area contributed by atoms with Gasteiger partial charge in [-0.3, -0.25) is 0 Å². The molecule has 4 N–H and O–H groups in total. The molecule has 8 heteroatoms. The molecular formula is C19H24N6OS. The fourth-order valence-electron chi connectivity index (χ4n) is 3.54. The molecule has 7 nitrogen and oxygen atoms in total. The van der Waals surface area contributed by atoms with Gasteiger partial charge in [0.2, 0.25) is 5.95 Å². The average molecular weight is 385 g/mol. The molecule has 0 bridgehead atoms. The smallest absolute Gasteiger partial charge is 0.229 e. The Bertz CT molecular complexity index is 879. The molecule has 1 aliphatic rings. The second-order valence-corrected chi connectivity index (χ2v) is 7.91. The lowest BCUT2D eigenvalue weighted by Gasteiger charge is -2.23. The number of rotatable bonds is 5. The monoisotopic (exact) mass is 384 g/mol. The molecule has 142 valence electrons. The Morgan fingerprint density at radius 3 is 2.48 bits per heavy atom. The van der Waals surface area contributed by atoms with Crippen molar-refractivity contribution in [1.82, 2.24) is 9.97 Å². The summed E-state index contributed by atoms with van der Waals surface area (Å²) in [7, 11) is -1.52. The van der Waals surface area contributed by atoms with E-state index in [0.29, 0.717) is 28.3 Å². The van der Waals surface area contributed by atoms with Crippen molar-refractivity contribution < 1.29 is 4.21 Å². The van der Waals surface area contributed by atoms with E-state index in [0.717, 1.165) is 29.7 Å². The molecule has 1 fully saturated rings. The van der Waals surface area contributed by atoms with E-state index < -0.39 is 11.0 Å². The predicted molar refractivity (Wildman–Crippen MR) is 107 cm³/mol. The molecule has 1 saturated carbocycles. The average Bonchev–Trinajstić information content (AvgIpc) is 2.62. The van der Waals surface area contributed by atoms with Gasteiger partial charge in [-0.15, -0.1) is 0 Å². The van der Waals surface area contributed by atoms with E-state index in [4.69, 9.17) is 5.14 Å². The summed E-state index contributed by atoms with van der Waals surface area (Å²) in [6.45, 7) is 3.74. The highest BCUT2D eigenvalue weighted by Gasteiger charge is 2.17. The fourth-order valence-corrected chi connectivity index (χ4v) is 4.30. The number of hydrogen-bond donors (Lipinski definition) is 3. The van der Waals surface area contributed by atoms with Gasteiger partial charge >= 0.3 is 0 Å². The zero-order chi connectivity index (χ0) is 19.4. The number of benzene rings is 1. The van der Waals surface area contributed by atoms with Gasteiger partial charge in [-0.05, 0) is 49.9 Å². The van der Waals surface area contributed by atoms with Crippen molar-refractivity contribution in [2.75, 3.05) is 10.6 Å². The van der Waals surface area contributed by atoms with E-state index in [1.807, 2.05) is 26.0 Å². The third-order valence-corrected chi connectivity index (χ3v) is 5.82. The number of hydrogen-bond acceptors (Lipinski definition) is 6. The number of nitrogens with zero attached hydrogens (tertiary/aromatic N) is 3. The van der Waals surface area contributed by atoms with Crippen LogP contribution in [0.5, 0.6) is 0 Å². The van der Waals surface area contributed by atoms with Gasteiger partial charge in [0, 0.05) is 11.7 Å². The van der Waals surface area contributed by atoms with Crippen LogP contribution < -0.4 is 15.8 Å². The Balaban J connectivity index is 1.84. The van der Waals surface area contributed by atoms with E-state index in [1.54, 1.807) is 0 Å². The Morgan fingerprint density at radius 2 is 1.89 bits per heavy atom. The number of nitriles is 1. The molecular weight excluding hydrogens is 360 g/mol. The second-order valence-electron chi connectivity index (χ2n) is 6.91. The molecule has 1 aliphatic carbocycles. The summed E-state index contributed by atoms with van der Waals surface area (Å²) in [5.41, 5.74) is 2.90. The van der Waals surface area contributed by atoms with E-state index in [1.165, 1.54) is 25.5 Å². The van der Waals surface area contributed by atoms with E-state index in [2.05, 4.69) is 26.7 Å². The van der Waals surface area contributed by atoms with Gasteiger partial charge in [-0.1, -0.05) is 19.3 Å². The van der Waals surface area contributed by atoms with Crippen molar-refractivity contribution in [2.45, 2.75) is 56.9 Å². The SMILES string of the molecule is Cc1cc(Nc2ncc(C#N)c(NC3CCCCC3)n2)cc(C)c1S(N)=O.